The molecule has 0 amide bonds. The van der Waals surface area contributed by atoms with Gasteiger partial charge in [-0.25, -0.2) is 4.98 Å². The molecular weight excluding hydrogens is 340 g/mol. The second kappa shape index (κ2) is 6.95. The number of nitrogens with zero attached hydrogens (tertiary/aromatic N) is 3. The van der Waals surface area contributed by atoms with E-state index in [1.165, 1.54) is 11.8 Å². The maximum Gasteiger partial charge on any atom is 0.171 e. The number of H-pyrrole nitrogens is 1. The summed E-state index contributed by atoms with van der Waals surface area (Å²) < 4.78 is 2.13. The molecule has 0 aliphatic heterocycles. The molecule has 2 aromatic carbocycles. The van der Waals surface area contributed by atoms with Crippen molar-refractivity contribution in [1.82, 2.24) is 14.5 Å². The Morgan fingerprint density at radius 1 is 1.23 bits per heavy atom. The van der Waals surface area contributed by atoms with Crippen LogP contribution >= 0.6 is 11.8 Å². The molecule has 0 fully saturated rings. The lowest BCUT2D eigenvalue weighted by atomic mass is 10.1. The molecule has 0 bridgehead atoms. The van der Waals surface area contributed by atoms with Gasteiger partial charge in [-0.3, -0.25) is 0 Å². The van der Waals surface area contributed by atoms with Crippen LogP contribution in [0.25, 0.3) is 28.0 Å². The molecule has 5 heteroatoms. The smallest absolute Gasteiger partial charge is 0.171 e. The molecule has 0 aliphatic carbocycles. The van der Waals surface area contributed by atoms with Crippen molar-refractivity contribution in [3.05, 3.63) is 77.9 Å². The zero-order chi connectivity index (χ0) is 17.9. The van der Waals surface area contributed by atoms with Crippen molar-refractivity contribution >= 4 is 39.8 Å². The van der Waals surface area contributed by atoms with E-state index in [9.17, 15) is 5.26 Å². The van der Waals surface area contributed by atoms with E-state index in [0.29, 0.717) is 10.1 Å². The minimum atomic E-state index is 0.588. The average Bonchev–Trinajstić information content (AvgIpc) is 3.23. The first-order chi connectivity index (χ1) is 12.8. The highest BCUT2D eigenvalue weighted by molar-refractivity contribution is 8.03. The lowest BCUT2D eigenvalue weighted by molar-refractivity contribution is 0.865. The molecule has 0 aliphatic rings. The van der Waals surface area contributed by atoms with Gasteiger partial charge in [-0.05, 0) is 36.0 Å². The Morgan fingerprint density at radius 3 is 2.85 bits per heavy atom. The number of para-hydroxylation sites is 3. The van der Waals surface area contributed by atoms with Gasteiger partial charge in [-0.2, -0.15) is 5.26 Å². The van der Waals surface area contributed by atoms with E-state index < -0.39 is 0 Å². The van der Waals surface area contributed by atoms with Gasteiger partial charge < -0.3 is 9.55 Å². The van der Waals surface area contributed by atoms with E-state index in [2.05, 4.69) is 45.5 Å². The van der Waals surface area contributed by atoms with Gasteiger partial charge in [0.05, 0.1) is 15.9 Å². The normalized spacial score (nSPS) is 11.7. The van der Waals surface area contributed by atoms with Gasteiger partial charge in [0.2, 0.25) is 0 Å². The summed E-state index contributed by atoms with van der Waals surface area (Å²) in [5.74, 6) is 0. The van der Waals surface area contributed by atoms with Crippen molar-refractivity contribution < 1.29 is 0 Å². The Bertz CT molecular complexity index is 1140. The van der Waals surface area contributed by atoms with E-state index in [-0.39, 0.29) is 0 Å². The summed E-state index contributed by atoms with van der Waals surface area (Å²) in [7, 11) is 0. The van der Waals surface area contributed by atoms with E-state index in [4.69, 9.17) is 0 Å². The van der Waals surface area contributed by atoms with E-state index >= 15 is 0 Å². The minimum absolute atomic E-state index is 0.588. The maximum absolute atomic E-state index is 9.60. The zero-order valence-corrected chi connectivity index (χ0v) is 14.8. The predicted molar refractivity (Wildman–Crippen MR) is 108 cm³/mol. The monoisotopic (exact) mass is 356 g/mol. The number of hydrogen-bond acceptors (Lipinski definition) is 3. The topological polar surface area (TPSA) is 57.4 Å². The Kier molecular flexibility index (Phi) is 4.34. The summed E-state index contributed by atoms with van der Waals surface area (Å²) >= 11 is 1.34. The second-order valence-corrected chi connectivity index (χ2v) is 6.85. The number of imidazole rings is 1. The number of thioether (sulfide) groups is 1. The number of allylic oxidation sites excluding steroid dienone is 2. The fourth-order valence-electron chi connectivity index (χ4n) is 2.99. The fourth-order valence-corrected chi connectivity index (χ4v) is 3.73. The molecule has 26 heavy (non-hydrogen) atoms. The van der Waals surface area contributed by atoms with Gasteiger partial charge >= 0.3 is 0 Å². The number of nitriles is 1. The highest BCUT2D eigenvalue weighted by Crippen LogP contribution is 2.30. The minimum Gasteiger partial charge on any atom is -0.343 e. The molecule has 126 valence electrons. The molecule has 0 spiro atoms. The van der Waals surface area contributed by atoms with Gasteiger partial charge in [0, 0.05) is 29.2 Å². The van der Waals surface area contributed by atoms with Crippen LogP contribution in [0.5, 0.6) is 0 Å². The lowest BCUT2D eigenvalue weighted by Crippen LogP contribution is -1.90. The zero-order valence-electron chi connectivity index (χ0n) is 14.0. The SMILES string of the molecule is C=CCn1cc(/C=C(\C#N)Sc2nc3ccccc3[nH]2)c2ccccc21. The second-order valence-electron chi connectivity index (χ2n) is 5.82. The predicted octanol–water partition coefficient (Wildman–Crippen LogP) is 5.36. The van der Waals surface area contributed by atoms with Gasteiger partial charge in [-0.15, -0.1) is 6.58 Å². The Balaban J connectivity index is 1.72. The first-order valence-corrected chi connectivity index (χ1v) is 9.03. The molecule has 0 saturated heterocycles. The average molecular weight is 356 g/mol. The van der Waals surface area contributed by atoms with Crippen LogP contribution in [0.3, 0.4) is 0 Å². The molecule has 1 N–H and O–H groups in total. The number of nitrogens with one attached hydrogen (secondary N) is 1. The van der Waals surface area contributed by atoms with Gasteiger partial charge in [0.25, 0.3) is 0 Å². The van der Waals surface area contributed by atoms with Crippen LogP contribution in [-0.4, -0.2) is 14.5 Å². The molecular formula is C21H16N4S. The molecule has 4 aromatic rings. The lowest BCUT2D eigenvalue weighted by Gasteiger charge is -1.98. The summed E-state index contributed by atoms with van der Waals surface area (Å²) in [6.07, 6.45) is 5.84. The number of aromatic amines is 1. The highest BCUT2D eigenvalue weighted by Gasteiger charge is 2.10. The van der Waals surface area contributed by atoms with Crippen molar-refractivity contribution in [1.29, 1.82) is 5.26 Å². The third kappa shape index (κ3) is 3.03. The molecule has 0 unspecified atom stereocenters. The number of benzene rings is 2. The Hall–Kier alpha value is -3.23. The van der Waals surface area contributed by atoms with E-state index in [1.54, 1.807) is 0 Å². The van der Waals surface area contributed by atoms with Crippen LogP contribution in [0.4, 0.5) is 0 Å². The quantitative estimate of drug-likeness (QED) is 0.297. The molecule has 4 rings (SSSR count). The number of fused-ring (bicyclic) bond motifs is 2. The van der Waals surface area contributed by atoms with Gasteiger partial charge in [0.1, 0.15) is 6.07 Å². The summed E-state index contributed by atoms with van der Waals surface area (Å²) in [6.45, 7) is 4.55. The molecule has 0 saturated carbocycles. The number of aromatic nitrogens is 3. The summed E-state index contributed by atoms with van der Waals surface area (Å²) in [5, 5.41) is 11.4. The van der Waals surface area contributed by atoms with Crippen LogP contribution in [0.1, 0.15) is 5.56 Å². The standard InChI is InChI=1S/C21H16N4S/c1-2-11-25-14-15(17-7-3-6-10-20(17)25)12-16(13-22)26-21-23-18-8-4-5-9-19(18)24-21/h2-10,12,14H,1,11H2,(H,23,24)/b16-12+. The molecule has 2 aromatic heterocycles. The third-order valence-electron chi connectivity index (χ3n) is 4.12. The summed E-state index contributed by atoms with van der Waals surface area (Å²) in [6, 6.07) is 18.3. The first-order valence-electron chi connectivity index (χ1n) is 8.21. The van der Waals surface area contributed by atoms with Crippen molar-refractivity contribution in [2.45, 2.75) is 11.7 Å². The maximum atomic E-state index is 9.60. The van der Waals surface area contributed by atoms with Crippen molar-refractivity contribution in [3.63, 3.8) is 0 Å². The Labute approximate surface area is 155 Å². The van der Waals surface area contributed by atoms with Crippen LogP contribution in [0, 0.1) is 11.3 Å². The summed E-state index contributed by atoms with van der Waals surface area (Å²) in [5.41, 5.74) is 4.01. The van der Waals surface area contributed by atoms with Crippen LogP contribution in [0.15, 0.2) is 77.4 Å². The van der Waals surface area contributed by atoms with Crippen molar-refractivity contribution in [2.24, 2.45) is 0 Å². The number of rotatable bonds is 5. The molecule has 0 radical (unpaired) electrons. The van der Waals surface area contributed by atoms with Gasteiger partial charge in [-0.1, -0.05) is 36.4 Å². The molecule has 4 nitrogen and oxygen atoms in total. The fraction of sp³-hybridized carbons (Fsp3) is 0.0476. The van der Waals surface area contributed by atoms with E-state index in [0.717, 1.165) is 34.0 Å². The van der Waals surface area contributed by atoms with Crippen LogP contribution < -0.4 is 0 Å². The van der Waals surface area contributed by atoms with Crippen molar-refractivity contribution in [2.75, 3.05) is 0 Å². The third-order valence-corrected chi connectivity index (χ3v) is 4.93. The molecule has 0 atom stereocenters. The van der Waals surface area contributed by atoms with E-state index in [1.807, 2.05) is 48.6 Å². The van der Waals surface area contributed by atoms with Crippen LogP contribution in [0.2, 0.25) is 0 Å². The number of hydrogen-bond donors (Lipinski definition) is 1. The van der Waals surface area contributed by atoms with Gasteiger partial charge in [0.15, 0.2) is 5.16 Å². The molecule has 2 heterocycles. The Morgan fingerprint density at radius 2 is 2.04 bits per heavy atom. The van der Waals surface area contributed by atoms with Crippen LogP contribution in [-0.2, 0) is 6.54 Å². The summed E-state index contributed by atoms with van der Waals surface area (Å²) in [4.78, 5) is 8.37. The first kappa shape index (κ1) is 16.2. The highest BCUT2D eigenvalue weighted by atomic mass is 32.2. The largest absolute Gasteiger partial charge is 0.343 e. The van der Waals surface area contributed by atoms with Crippen molar-refractivity contribution in [3.8, 4) is 6.07 Å².